The minimum atomic E-state index is 0.275. The number of carbonyl (C=O) groups is 1. The first-order valence-electron chi connectivity index (χ1n) is 10.5. The SMILES string of the molecule is CC[C@@H](C)N(CCC(=O)N1CCCCC1)c1nc(Cc2ccc(C)cc2)ns1. The van der Waals surface area contributed by atoms with Gasteiger partial charge in [0.05, 0.1) is 0 Å². The molecule has 1 aromatic carbocycles. The van der Waals surface area contributed by atoms with Gasteiger partial charge in [0.1, 0.15) is 5.82 Å². The van der Waals surface area contributed by atoms with Crippen LogP contribution in [0.25, 0.3) is 0 Å². The molecule has 0 unspecified atom stereocenters. The fourth-order valence-electron chi connectivity index (χ4n) is 3.56. The number of aromatic nitrogens is 2. The molecule has 5 nitrogen and oxygen atoms in total. The number of aryl methyl sites for hydroxylation is 1. The van der Waals surface area contributed by atoms with Crippen LogP contribution < -0.4 is 4.90 Å². The van der Waals surface area contributed by atoms with E-state index in [4.69, 9.17) is 4.98 Å². The number of anilines is 1. The van der Waals surface area contributed by atoms with E-state index in [1.54, 1.807) is 0 Å². The topological polar surface area (TPSA) is 49.3 Å². The molecule has 28 heavy (non-hydrogen) atoms. The second-order valence-electron chi connectivity index (χ2n) is 7.80. The zero-order valence-electron chi connectivity index (χ0n) is 17.4. The van der Waals surface area contributed by atoms with E-state index in [1.807, 2.05) is 4.90 Å². The lowest BCUT2D eigenvalue weighted by Gasteiger charge is -2.30. The Balaban J connectivity index is 1.63. The van der Waals surface area contributed by atoms with Gasteiger partial charge in [-0.25, -0.2) is 4.98 Å². The third-order valence-electron chi connectivity index (χ3n) is 5.58. The molecule has 1 saturated heterocycles. The first-order chi connectivity index (χ1) is 13.6. The van der Waals surface area contributed by atoms with Gasteiger partial charge in [-0.2, -0.15) is 4.37 Å². The summed E-state index contributed by atoms with van der Waals surface area (Å²) in [6.07, 6.45) is 5.84. The lowest BCUT2D eigenvalue weighted by molar-refractivity contribution is -0.131. The van der Waals surface area contributed by atoms with Gasteiger partial charge in [-0.05, 0) is 45.1 Å². The number of amides is 1. The minimum Gasteiger partial charge on any atom is -0.344 e. The number of likely N-dealkylation sites (tertiary alicyclic amines) is 1. The number of rotatable bonds is 8. The molecule has 1 atom stereocenters. The molecule has 1 aliphatic heterocycles. The highest BCUT2D eigenvalue weighted by Crippen LogP contribution is 2.23. The summed E-state index contributed by atoms with van der Waals surface area (Å²) in [4.78, 5) is 21.7. The quantitative estimate of drug-likeness (QED) is 0.657. The lowest BCUT2D eigenvalue weighted by atomic mass is 10.1. The molecular weight excluding hydrogens is 368 g/mol. The summed E-state index contributed by atoms with van der Waals surface area (Å²) >= 11 is 1.45. The van der Waals surface area contributed by atoms with Crippen LogP contribution in [0, 0.1) is 6.92 Å². The summed E-state index contributed by atoms with van der Waals surface area (Å²) in [6.45, 7) is 9.02. The van der Waals surface area contributed by atoms with Crippen molar-refractivity contribution >= 4 is 22.6 Å². The zero-order valence-corrected chi connectivity index (χ0v) is 18.2. The molecule has 2 heterocycles. The van der Waals surface area contributed by atoms with Gasteiger partial charge in [-0.1, -0.05) is 36.8 Å². The van der Waals surface area contributed by atoms with Gasteiger partial charge < -0.3 is 9.80 Å². The largest absolute Gasteiger partial charge is 0.344 e. The maximum Gasteiger partial charge on any atom is 0.224 e. The molecule has 1 aliphatic rings. The Morgan fingerprint density at radius 1 is 1.21 bits per heavy atom. The predicted molar refractivity (Wildman–Crippen MR) is 116 cm³/mol. The molecule has 1 amide bonds. The molecule has 0 spiro atoms. The van der Waals surface area contributed by atoms with Crippen molar-refractivity contribution in [2.24, 2.45) is 0 Å². The van der Waals surface area contributed by atoms with Crippen LogP contribution in [0.2, 0.25) is 0 Å². The number of nitrogens with zero attached hydrogens (tertiary/aromatic N) is 4. The first-order valence-corrected chi connectivity index (χ1v) is 11.3. The maximum atomic E-state index is 12.6. The highest BCUT2D eigenvalue weighted by molar-refractivity contribution is 7.09. The third kappa shape index (κ3) is 5.53. The average Bonchev–Trinajstić information content (AvgIpc) is 3.18. The van der Waals surface area contributed by atoms with Crippen LogP contribution in [0.5, 0.6) is 0 Å². The minimum absolute atomic E-state index is 0.275. The van der Waals surface area contributed by atoms with E-state index in [1.165, 1.54) is 29.1 Å². The molecule has 152 valence electrons. The molecule has 0 bridgehead atoms. The van der Waals surface area contributed by atoms with Crippen molar-refractivity contribution in [3.63, 3.8) is 0 Å². The molecule has 6 heteroatoms. The van der Waals surface area contributed by atoms with E-state index in [0.717, 1.165) is 49.7 Å². The van der Waals surface area contributed by atoms with Crippen LogP contribution in [0.15, 0.2) is 24.3 Å². The lowest BCUT2D eigenvalue weighted by Crippen LogP contribution is -2.40. The van der Waals surface area contributed by atoms with Crippen molar-refractivity contribution in [1.82, 2.24) is 14.3 Å². The number of hydrogen-bond donors (Lipinski definition) is 0. The Kier molecular flexibility index (Phi) is 7.43. The number of benzene rings is 1. The van der Waals surface area contributed by atoms with E-state index in [0.29, 0.717) is 19.0 Å². The van der Waals surface area contributed by atoms with E-state index in [2.05, 4.69) is 54.3 Å². The summed E-state index contributed by atoms with van der Waals surface area (Å²) in [7, 11) is 0. The molecule has 3 rings (SSSR count). The third-order valence-corrected chi connectivity index (χ3v) is 6.38. The van der Waals surface area contributed by atoms with E-state index < -0.39 is 0 Å². The van der Waals surface area contributed by atoms with Crippen molar-refractivity contribution in [3.8, 4) is 0 Å². The highest BCUT2D eigenvalue weighted by atomic mass is 32.1. The van der Waals surface area contributed by atoms with Crippen molar-refractivity contribution in [2.45, 2.75) is 65.3 Å². The summed E-state index contributed by atoms with van der Waals surface area (Å²) in [5.41, 5.74) is 2.49. The normalized spacial score (nSPS) is 15.5. The Morgan fingerprint density at radius 3 is 2.61 bits per heavy atom. The van der Waals surface area contributed by atoms with E-state index in [9.17, 15) is 4.79 Å². The molecule has 2 aromatic rings. The van der Waals surface area contributed by atoms with Gasteiger partial charge in [-0.15, -0.1) is 0 Å². The molecule has 0 radical (unpaired) electrons. The van der Waals surface area contributed by atoms with Crippen molar-refractivity contribution < 1.29 is 4.79 Å². The standard InChI is InChI=1S/C22H32N4OS/c1-4-18(3)26(15-12-21(27)25-13-6-5-7-14-25)22-23-20(24-28-22)16-19-10-8-17(2)9-11-19/h8-11,18H,4-7,12-16H2,1-3H3/t18-/m1/s1. The van der Waals surface area contributed by atoms with Gasteiger partial charge in [-0.3, -0.25) is 4.79 Å². The second kappa shape index (κ2) is 10.0. The van der Waals surface area contributed by atoms with Crippen LogP contribution in [-0.4, -0.2) is 45.8 Å². The average molecular weight is 401 g/mol. The molecule has 0 N–H and O–H groups in total. The van der Waals surface area contributed by atoms with Gasteiger partial charge in [0.25, 0.3) is 0 Å². The monoisotopic (exact) mass is 400 g/mol. The summed E-state index contributed by atoms with van der Waals surface area (Å²) in [5.74, 6) is 1.14. The van der Waals surface area contributed by atoms with Crippen LogP contribution >= 0.6 is 11.5 Å². The van der Waals surface area contributed by atoms with E-state index >= 15 is 0 Å². The smallest absolute Gasteiger partial charge is 0.224 e. The molecular formula is C22H32N4OS. The van der Waals surface area contributed by atoms with Gasteiger partial charge >= 0.3 is 0 Å². The fraction of sp³-hybridized carbons (Fsp3) is 0.591. The molecule has 0 saturated carbocycles. The van der Waals surface area contributed by atoms with Gasteiger partial charge in [0, 0.05) is 50.1 Å². The number of hydrogen-bond acceptors (Lipinski definition) is 5. The van der Waals surface area contributed by atoms with Crippen LogP contribution in [0.1, 0.15) is 62.9 Å². The van der Waals surface area contributed by atoms with E-state index in [-0.39, 0.29) is 5.91 Å². The second-order valence-corrected chi connectivity index (χ2v) is 8.53. The van der Waals surface area contributed by atoms with Crippen LogP contribution in [-0.2, 0) is 11.2 Å². The first kappa shape index (κ1) is 20.8. The Bertz CT molecular complexity index is 752. The Hall–Kier alpha value is -1.95. The Labute approximate surface area is 172 Å². The van der Waals surface area contributed by atoms with Crippen molar-refractivity contribution in [2.75, 3.05) is 24.5 Å². The number of carbonyl (C=O) groups excluding carboxylic acids is 1. The Morgan fingerprint density at radius 2 is 1.93 bits per heavy atom. The van der Waals surface area contributed by atoms with Gasteiger partial charge in [0.15, 0.2) is 0 Å². The molecule has 1 aromatic heterocycles. The molecule has 0 aliphatic carbocycles. The predicted octanol–water partition coefficient (Wildman–Crippen LogP) is 4.44. The van der Waals surface area contributed by atoms with Crippen molar-refractivity contribution in [1.29, 1.82) is 0 Å². The van der Waals surface area contributed by atoms with Crippen LogP contribution in [0.4, 0.5) is 5.13 Å². The fourth-order valence-corrected chi connectivity index (χ4v) is 4.38. The molecule has 1 fully saturated rings. The summed E-state index contributed by atoms with van der Waals surface area (Å²) in [5, 5.41) is 0.933. The summed E-state index contributed by atoms with van der Waals surface area (Å²) < 4.78 is 4.58. The highest BCUT2D eigenvalue weighted by Gasteiger charge is 2.21. The number of piperidine rings is 1. The van der Waals surface area contributed by atoms with Crippen molar-refractivity contribution in [3.05, 3.63) is 41.2 Å². The van der Waals surface area contributed by atoms with Gasteiger partial charge in [0.2, 0.25) is 11.0 Å². The van der Waals surface area contributed by atoms with Crippen LogP contribution in [0.3, 0.4) is 0 Å². The maximum absolute atomic E-state index is 12.6. The summed E-state index contributed by atoms with van der Waals surface area (Å²) in [6, 6.07) is 8.87. The zero-order chi connectivity index (χ0) is 19.9.